The summed E-state index contributed by atoms with van der Waals surface area (Å²) in [6, 6.07) is 8.66. The van der Waals surface area contributed by atoms with Crippen LogP contribution in [0.3, 0.4) is 0 Å². The molecule has 0 saturated carbocycles. The summed E-state index contributed by atoms with van der Waals surface area (Å²) < 4.78 is 0. The van der Waals surface area contributed by atoms with Gasteiger partial charge in [0.05, 0.1) is 0 Å². The van der Waals surface area contributed by atoms with Gasteiger partial charge in [-0.25, -0.2) is 0 Å². The van der Waals surface area contributed by atoms with Gasteiger partial charge in [0.15, 0.2) is 0 Å². The van der Waals surface area contributed by atoms with Crippen molar-refractivity contribution in [2.75, 3.05) is 6.54 Å². The van der Waals surface area contributed by atoms with E-state index in [1.165, 1.54) is 11.1 Å². The molecule has 1 aliphatic heterocycles. The third kappa shape index (κ3) is 2.70. The highest BCUT2D eigenvalue weighted by Gasteiger charge is 2.19. The Morgan fingerprint density at radius 2 is 2.00 bits per heavy atom. The van der Waals surface area contributed by atoms with Crippen molar-refractivity contribution in [3.8, 4) is 0 Å². The highest BCUT2D eigenvalue weighted by atomic mass is 16.3. The first-order valence-electron chi connectivity index (χ1n) is 5.47. The van der Waals surface area contributed by atoms with Gasteiger partial charge in [0.1, 0.15) is 6.10 Å². The number of allylic oxidation sites excluding steroid dienone is 1. The normalized spacial score (nSPS) is 21.1. The van der Waals surface area contributed by atoms with E-state index in [1.807, 2.05) is 0 Å². The van der Waals surface area contributed by atoms with Gasteiger partial charge in [0.2, 0.25) is 5.91 Å². The predicted octanol–water partition coefficient (Wildman–Crippen LogP) is 1.12. The molecule has 0 aromatic heterocycles. The smallest absolute Gasteiger partial charge is 0.248 e. The number of rotatable bonds is 0. The summed E-state index contributed by atoms with van der Waals surface area (Å²) in [5, 5.41) is 11.1. The molecule has 4 rings (SSSR count). The molecule has 84 valence electrons. The van der Waals surface area contributed by atoms with E-state index in [0.717, 1.165) is 6.42 Å². The SMILES string of the molecule is C1=Cc2ccc(cc2)C1.O=C1NCCC1O. The fourth-order valence-corrected chi connectivity index (χ4v) is 1.68. The van der Waals surface area contributed by atoms with Crippen molar-refractivity contribution in [3.05, 3.63) is 41.5 Å². The fourth-order valence-electron chi connectivity index (χ4n) is 1.68. The molecule has 3 heteroatoms. The maximum Gasteiger partial charge on any atom is 0.248 e. The van der Waals surface area contributed by atoms with Crippen LogP contribution in [0.5, 0.6) is 0 Å². The number of carbonyl (C=O) groups is 1. The summed E-state index contributed by atoms with van der Waals surface area (Å²) in [5.74, 6) is -0.236. The van der Waals surface area contributed by atoms with Crippen LogP contribution in [-0.4, -0.2) is 23.7 Å². The monoisotopic (exact) mass is 217 g/mol. The lowest BCUT2D eigenvalue weighted by Gasteiger charge is -1.90. The summed E-state index contributed by atoms with van der Waals surface area (Å²) in [6.07, 6.45) is 5.28. The van der Waals surface area contributed by atoms with Gasteiger partial charge < -0.3 is 10.4 Å². The number of benzene rings is 1. The Morgan fingerprint density at radius 3 is 2.50 bits per heavy atom. The molecule has 0 radical (unpaired) electrons. The molecule has 1 heterocycles. The minimum absolute atomic E-state index is 0.236. The molecular formula is C13H15NO2. The molecule has 1 aromatic carbocycles. The number of hydrogen-bond acceptors (Lipinski definition) is 2. The second-order valence-electron chi connectivity index (χ2n) is 3.94. The minimum Gasteiger partial charge on any atom is -0.383 e. The molecule has 1 atom stereocenters. The van der Waals surface area contributed by atoms with Crippen LogP contribution < -0.4 is 5.32 Å². The number of fused-ring (bicyclic) bond motifs is 3. The molecule has 1 fully saturated rings. The first kappa shape index (κ1) is 10.9. The van der Waals surface area contributed by atoms with Crippen LogP contribution in [0.25, 0.3) is 6.08 Å². The maximum atomic E-state index is 10.2. The van der Waals surface area contributed by atoms with Crippen LogP contribution >= 0.6 is 0 Å². The first-order valence-corrected chi connectivity index (χ1v) is 5.47. The van der Waals surface area contributed by atoms with Crippen LogP contribution in [-0.2, 0) is 11.2 Å². The first-order chi connectivity index (χ1) is 7.75. The zero-order chi connectivity index (χ0) is 11.4. The summed E-state index contributed by atoms with van der Waals surface area (Å²) in [4.78, 5) is 10.2. The Labute approximate surface area is 94.8 Å². The van der Waals surface area contributed by atoms with E-state index in [-0.39, 0.29) is 5.91 Å². The third-order valence-corrected chi connectivity index (χ3v) is 2.66. The van der Waals surface area contributed by atoms with Crippen molar-refractivity contribution in [1.29, 1.82) is 0 Å². The lowest BCUT2D eigenvalue weighted by atomic mass is 10.2. The number of aliphatic hydroxyl groups excluding tert-OH is 1. The summed E-state index contributed by atoms with van der Waals surface area (Å²) in [7, 11) is 0. The molecule has 16 heavy (non-hydrogen) atoms. The molecule has 2 N–H and O–H groups in total. The molecule has 1 amide bonds. The van der Waals surface area contributed by atoms with Gasteiger partial charge in [-0.1, -0.05) is 36.4 Å². The zero-order valence-corrected chi connectivity index (χ0v) is 9.02. The summed E-state index contributed by atoms with van der Waals surface area (Å²) in [6.45, 7) is 0.625. The molecule has 3 aliphatic rings. The van der Waals surface area contributed by atoms with Crippen LogP contribution in [0, 0.1) is 0 Å². The average Bonchev–Trinajstić information content (AvgIpc) is 2.54. The minimum atomic E-state index is -0.736. The van der Waals surface area contributed by atoms with E-state index in [2.05, 4.69) is 41.7 Å². The molecule has 3 nitrogen and oxygen atoms in total. The Hall–Kier alpha value is -1.61. The quantitative estimate of drug-likeness (QED) is 0.684. The molecule has 0 spiro atoms. The van der Waals surface area contributed by atoms with E-state index in [1.54, 1.807) is 0 Å². The van der Waals surface area contributed by atoms with E-state index >= 15 is 0 Å². The highest BCUT2D eigenvalue weighted by molar-refractivity contribution is 5.82. The van der Waals surface area contributed by atoms with E-state index in [4.69, 9.17) is 5.11 Å². The zero-order valence-electron chi connectivity index (χ0n) is 9.02. The van der Waals surface area contributed by atoms with Gasteiger partial charge in [0, 0.05) is 6.54 Å². The van der Waals surface area contributed by atoms with E-state index < -0.39 is 6.10 Å². The Bertz CT molecular complexity index is 395. The van der Waals surface area contributed by atoms with Crippen molar-refractivity contribution >= 4 is 12.0 Å². The van der Waals surface area contributed by atoms with Gasteiger partial charge in [-0.3, -0.25) is 4.79 Å². The largest absolute Gasteiger partial charge is 0.383 e. The topological polar surface area (TPSA) is 49.3 Å². The van der Waals surface area contributed by atoms with E-state index in [0.29, 0.717) is 13.0 Å². The average molecular weight is 217 g/mol. The lowest BCUT2D eigenvalue weighted by molar-refractivity contribution is -0.126. The standard InChI is InChI=1S/C9H8.C4H7NO2/c1-2-8-4-6-9(3-1)7-5-8;6-3-1-2-5-4(3)7/h1-2,4-7H,3H2;3,6H,1-2H2,(H,5,7). The predicted molar refractivity (Wildman–Crippen MR) is 62.8 cm³/mol. The van der Waals surface area contributed by atoms with Crippen molar-refractivity contribution in [3.63, 3.8) is 0 Å². The van der Waals surface area contributed by atoms with Crippen molar-refractivity contribution in [1.82, 2.24) is 5.32 Å². The van der Waals surface area contributed by atoms with Crippen molar-refractivity contribution < 1.29 is 9.90 Å². The van der Waals surface area contributed by atoms with Crippen LogP contribution in [0.1, 0.15) is 17.5 Å². The van der Waals surface area contributed by atoms with Gasteiger partial charge >= 0.3 is 0 Å². The number of amides is 1. The second kappa shape index (κ2) is 4.94. The van der Waals surface area contributed by atoms with Crippen LogP contribution in [0.15, 0.2) is 30.3 Å². The molecule has 2 aliphatic carbocycles. The summed E-state index contributed by atoms with van der Waals surface area (Å²) >= 11 is 0. The van der Waals surface area contributed by atoms with Gasteiger partial charge in [-0.15, -0.1) is 0 Å². The Balaban J connectivity index is 0.000000125. The van der Waals surface area contributed by atoms with E-state index in [9.17, 15) is 4.79 Å². The van der Waals surface area contributed by atoms with Crippen molar-refractivity contribution in [2.24, 2.45) is 0 Å². The van der Waals surface area contributed by atoms with Gasteiger partial charge in [-0.05, 0) is 24.0 Å². The van der Waals surface area contributed by atoms with Gasteiger partial charge in [-0.2, -0.15) is 0 Å². The number of nitrogens with one attached hydrogen (secondary N) is 1. The molecule has 1 saturated heterocycles. The summed E-state index contributed by atoms with van der Waals surface area (Å²) in [5.41, 5.74) is 2.73. The number of hydrogen-bond donors (Lipinski definition) is 2. The second-order valence-corrected chi connectivity index (χ2v) is 3.94. The molecule has 1 aromatic rings. The molecule has 1 unspecified atom stereocenters. The lowest BCUT2D eigenvalue weighted by Crippen LogP contribution is -2.21. The Kier molecular flexibility index (Phi) is 3.37. The highest BCUT2D eigenvalue weighted by Crippen LogP contribution is 2.11. The number of carbonyl (C=O) groups excluding carboxylic acids is 1. The van der Waals surface area contributed by atoms with Gasteiger partial charge in [0.25, 0.3) is 0 Å². The number of aliphatic hydroxyl groups is 1. The molecular weight excluding hydrogens is 202 g/mol. The van der Waals surface area contributed by atoms with Crippen LogP contribution in [0.4, 0.5) is 0 Å². The van der Waals surface area contributed by atoms with Crippen LogP contribution in [0.2, 0.25) is 0 Å². The fraction of sp³-hybridized carbons (Fsp3) is 0.308. The molecule has 2 bridgehead atoms. The maximum absolute atomic E-state index is 10.2. The van der Waals surface area contributed by atoms with Crippen molar-refractivity contribution in [2.45, 2.75) is 18.9 Å². The Morgan fingerprint density at radius 1 is 1.25 bits per heavy atom. The third-order valence-electron chi connectivity index (χ3n) is 2.66.